The van der Waals surface area contributed by atoms with E-state index in [-0.39, 0.29) is 35.7 Å². The van der Waals surface area contributed by atoms with Crippen molar-refractivity contribution in [2.75, 3.05) is 85.5 Å². The molecule has 0 saturated carbocycles. The molecule has 2 aliphatic heterocycles. The van der Waals surface area contributed by atoms with Gasteiger partial charge in [-0.1, -0.05) is 54.1 Å². The van der Waals surface area contributed by atoms with Crippen molar-refractivity contribution in [1.29, 1.82) is 0 Å². The van der Waals surface area contributed by atoms with E-state index >= 15 is 0 Å². The van der Waals surface area contributed by atoms with E-state index in [0.717, 1.165) is 39.2 Å². The standard InChI is InChI=1S/C52H57ClF3N6O6PS2/c1-35(2)62-36(3)48(51(63)64)49(50(62)37-14-16-39(53)17-15-37)38-10-9-11-43(32-38)60-28-26-59(27-29-60)41-18-20-42(21-19-41)61-30-31-68-69(61,65)44-22-23-46(47(33-44)71(66,67)52(54,55)56)57-40(24-25-58(4)5)34-70-45-12-7-6-8-13-45/h6-23,32-33,35,40,57H,24-31,34H2,1-5H3,(H,63,64)/t40-,69+/m1/s1. The largest absolute Gasteiger partial charge is 0.501 e. The maximum absolute atomic E-state index is 14.9. The van der Waals surface area contributed by atoms with E-state index < -0.39 is 39.8 Å². The third-order valence-corrected chi connectivity index (χ3v) is 18.3. The number of rotatable bonds is 17. The van der Waals surface area contributed by atoms with Gasteiger partial charge >= 0.3 is 19.0 Å². The van der Waals surface area contributed by atoms with Gasteiger partial charge in [0.15, 0.2) is 0 Å². The Kier molecular flexibility index (Phi) is 15.6. The number of aromatic nitrogens is 1. The zero-order valence-electron chi connectivity index (χ0n) is 40.1. The van der Waals surface area contributed by atoms with Gasteiger partial charge in [-0.25, -0.2) is 13.2 Å². The monoisotopic (exact) mass is 1050 g/mol. The summed E-state index contributed by atoms with van der Waals surface area (Å²) in [6.45, 7) is 9.33. The number of carbonyl (C=O) groups is 1. The molecule has 2 fully saturated rings. The molecule has 0 bridgehead atoms. The van der Waals surface area contributed by atoms with E-state index in [1.54, 1.807) is 24.3 Å². The lowest BCUT2D eigenvalue weighted by Crippen LogP contribution is -2.46. The van der Waals surface area contributed by atoms with Gasteiger partial charge in [0, 0.05) is 82.3 Å². The topological polar surface area (TPSA) is 128 Å². The summed E-state index contributed by atoms with van der Waals surface area (Å²) in [7, 11) is -6.22. The second-order valence-electron chi connectivity index (χ2n) is 18.2. The Morgan fingerprint density at radius 3 is 2.11 bits per heavy atom. The third-order valence-electron chi connectivity index (χ3n) is 12.8. The van der Waals surface area contributed by atoms with E-state index in [1.807, 2.05) is 119 Å². The number of hydrogen-bond donors (Lipinski definition) is 2. The second-order valence-corrected chi connectivity index (χ2v) is 23.9. The van der Waals surface area contributed by atoms with Crippen LogP contribution in [0.15, 0.2) is 131 Å². The first-order valence-electron chi connectivity index (χ1n) is 23.3. The van der Waals surface area contributed by atoms with E-state index in [0.29, 0.717) is 66.9 Å². The number of sulfone groups is 1. The highest BCUT2D eigenvalue weighted by molar-refractivity contribution is 7.99. The zero-order valence-corrected chi connectivity index (χ0v) is 43.3. The summed E-state index contributed by atoms with van der Waals surface area (Å²) in [6.07, 6.45) is 0.507. The molecule has 0 unspecified atom stereocenters. The van der Waals surface area contributed by atoms with Gasteiger partial charge in [-0.05, 0) is 138 Å². The molecule has 12 nitrogen and oxygen atoms in total. The summed E-state index contributed by atoms with van der Waals surface area (Å²) >= 11 is 7.77. The van der Waals surface area contributed by atoms with Crippen molar-refractivity contribution in [3.05, 3.63) is 138 Å². The number of hydrogen-bond acceptors (Lipinski definition) is 10. The van der Waals surface area contributed by atoms with Crippen molar-refractivity contribution in [3.63, 3.8) is 0 Å². The van der Waals surface area contributed by atoms with Crippen LogP contribution in [0, 0.1) is 6.92 Å². The van der Waals surface area contributed by atoms with E-state index in [2.05, 4.69) is 19.7 Å². The first kappa shape index (κ1) is 51.9. The average Bonchev–Trinajstić information content (AvgIpc) is 3.90. The lowest BCUT2D eigenvalue weighted by atomic mass is 9.96. The maximum Gasteiger partial charge on any atom is 0.501 e. The SMILES string of the molecule is Cc1c(C(=O)O)c(-c2cccc(N3CCN(c4ccc(N5CCO[P@@]5(=O)c5ccc(N[C@H](CCN(C)C)CSc6ccccc6)c(S(=O)(=O)C(F)(F)F)c5)cc4)CC3)c2)c(-c2ccc(Cl)cc2)n1C(C)C. The molecule has 0 amide bonds. The molecule has 2 N–H and O–H groups in total. The second kappa shape index (κ2) is 21.3. The number of nitrogens with one attached hydrogen (secondary N) is 1. The Morgan fingerprint density at radius 2 is 1.49 bits per heavy atom. The zero-order chi connectivity index (χ0) is 50.8. The van der Waals surface area contributed by atoms with Crippen molar-refractivity contribution < 1.29 is 40.6 Å². The Labute approximate surface area is 422 Å². The Bertz CT molecular complexity index is 3020. The van der Waals surface area contributed by atoms with Crippen LogP contribution in [0.3, 0.4) is 0 Å². The molecule has 1 aromatic heterocycles. The van der Waals surface area contributed by atoms with Gasteiger partial charge in [-0.3, -0.25) is 9.24 Å². The van der Waals surface area contributed by atoms with E-state index in [1.165, 1.54) is 28.6 Å². The summed E-state index contributed by atoms with van der Waals surface area (Å²) in [5.41, 5.74) is 0.550. The van der Waals surface area contributed by atoms with Crippen LogP contribution in [0.4, 0.5) is 35.9 Å². The Hall–Kier alpha value is -5.42. The summed E-state index contributed by atoms with van der Waals surface area (Å²) in [5.74, 6) is -0.558. The van der Waals surface area contributed by atoms with Crippen molar-refractivity contribution in [2.24, 2.45) is 0 Å². The molecule has 6 aromatic rings. The van der Waals surface area contributed by atoms with Crippen LogP contribution in [0.25, 0.3) is 22.4 Å². The van der Waals surface area contributed by atoms with Crippen molar-refractivity contribution >= 4 is 74.7 Å². The Morgan fingerprint density at radius 1 is 0.845 bits per heavy atom. The fourth-order valence-corrected chi connectivity index (χ4v) is 13.7. The van der Waals surface area contributed by atoms with E-state index in [4.69, 9.17) is 16.1 Å². The minimum Gasteiger partial charge on any atom is -0.478 e. The van der Waals surface area contributed by atoms with Gasteiger partial charge in [0.1, 0.15) is 4.90 Å². The Balaban J connectivity index is 1.00. The number of halogens is 4. The summed E-state index contributed by atoms with van der Waals surface area (Å²) in [4.78, 5) is 19.3. The number of benzene rings is 5. The average molecular weight is 1050 g/mol. The lowest BCUT2D eigenvalue weighted by Gasteiger charge is -2.37. The minimum atomic E-state index is -5.90. The quantitative estimate of drug-likeness (QED) is 0.0667. The number of thioether (sulfide) groups is 1. The fourth-order valence-electron chi connectivity index (χ4n) is 9.35. The number of carboxylic acid groups (broad SMARTS) is 1. The fraction of sp³-hybridized carbons (Fsp3) is 0.327. The number of piperazine rings is 1. The lowest BCUT2D eigenvalue weighted by molar-refractivity contribution is -0.0435. The minimum absolute atomic E-state index is 0.0100. The predicted molar refractivity (Wildman–Crippen MR) is 281 cm³/mol. The van der Waals surface area contributed by atoms with Crippen LogP contribution >= 0.6 is 30.9 Å². The maximum atomic E-state index is 14.9. The number of anilines is 4. The summed E-state index contributed by atoms with van der Waals surface area (Å²) in [6, 6.07) is 35.4. The van der Waals surface area contributed by atoms with Gasteiger partial charge < -0.3 is 34.2 Å². The highest BCUT2D eigenvalue weighted by Crippen LogP contribution is 2.56. The van der Waals surface area contributed by atoms with E-state index in [9.17, 15) is 36.1 Å². The molecule has 5 aromatic carbocycles. The van der Waals surface area contributed by atoms with Crippen LogP contribution in [-0.2, 0) is 18.9 Å². The number of alkyl halides is 3. The highest BCUT2D eigenvalue weighted by Gasteiger charge is 2.49. The van der Waals surface area contributed by atoms with Crippen LogP contribution in [0.2, 0.25) is 5.02 Å². The van der Waals surface area contributed by atoms with Gasteiger partial charge in [0.2, 0.25) is 0 Å². The van der Waals surface area contributed by atoms with Crippen molar-refractivity contribution in [3.8, 4) is 22.4 Å². The van der Waals surface area contributed by atoms with Gasteiger partial charge in [0.25, 0.3) is 9.84 Å². The molecule has 2 atom stereocenters. The molecule has 8 rings (SSSR count). The van der Waals surface area contributed by atoms with Crippen LogP contribution in [-0.4, -0.2) is 106 Å². The van der Waals surface area contributed by atoms with Crippen molar-refractivity contribution in [1.82, 2.24) is 9.47 Å². The number of aromatic carboxylic acids is 1. The summed E-state index contributed by atoms with van der Waals surface area (Å²) < 4.78 is 93.9. The molecule has 0 aliphatic carbocycles. The van der Waals surface area contributed by atoms with Gasteiger partial charge in [-0.2, -0.15) is 13.2 Å². The first-order chi connectivity index (χ1) is 33.8. The normalized spacial score (nSPS) is 17.1. The van der Waals surface area contributed by atoms with Crippen LogP contribution in [0.1, 0.15) is 42.4 Å². The number of nitrogens with zero attached hydrogens (tertiary/aromatic N) is 5. The molecule has 0 radical (unpaired) electrons. The molecular weight excluding hydrogens is 992 g/mol. The molecule has 71 heavy (non-hydrogen) atoms. The van der Waals surface area contributed by atoms with Crippen LogP contribution < -0.4 is 25.1 Å². The molecule has 2 saturated heterocycles. The molecule has 2 aliphatic rings. The summed E-state index contributed by atoms with van der Waals surface area (Å²) in [5, 5.41) is 14.1. The molecule has 376 valence electrons. The van der Waals surface area contributed by atoms with Gasteiger partial charge in [-0.15, -0.1) is 11.8 Å². The molecule has 3 heterocycles. The smallest absolute Gasteiger partial charge is 0.478 e. The highest BCUT2D eigenvalue weighted by atomic mass is 35.5. The predicted octanol–water partition coefficient (Wildman–Crippen LogP) is 11.6. The third kappa shape index (κ3) is 11.0. The molecule has 19 heteroatoms. The molecule has 0 spiro atoms. The number of carboxylic acids is 1. The van der Waals surface area contributed by atoms with Gasteiger partial charge in [0.05, 0.1) is 35.4 Å². The first-order valence-corrected chi connectivity index (χ1v) is 27.7. The van der Waals surface area contributed by atoms with Crippen LogP contribution in [0.5, 0.6) is 0 Å². The molecular formula is C52H57ClF3N6O6PS2. The van der Waals surface area contributed by atoms with Crippen molar-refractivity contribution in [2.45, 2.75) is 54.6 Å².